The molecule has 0 spiro atoms. The van der Waals surface area contributed by atoms with Crippen molar-refractivity contribution in [2.24, 2.45) is 5.11 Å². The quantitative estimate of drug-likeness (QED) is 0.297. The van der Waals surface area contributed by atoms with Crippen LogP contribution in [0.15, 0.2) is 23.3 Å². The molecule has 0 aromatic heterocycles. The van der Waals surface area contributed by atoms with Crippen LogP contribution >= 0.6 is 11.6 Å². The van der Waals surface area contributed by atoms with Crippen LogP contribution in [0.1, 0.15) is 11.1 Å². The molecule has 1 N–H and O–H groups in total. The maximum Gasteiger partial charge on any atom is 0.326 e. The van der Waals surface area contributed by atoms with Crippen molar-refractivity contribution in [1.82, 2.24) is 5.32 Å². The van der Waals surface area contributed by atoms with Crippen LogP contribution in [0.25, 0.3) is 10.4 Å². The molecule has 6 nitrogen and oxygen atoms in total. The van der Waals surface area contributed by atoms with E-state index in [0.717, 1.165) is 11.1 Å². The second-order valence-corrected chi connectivity index (χ2v) is 5.16. The van der Waals surface area contributed by atoms with Gasteiger partial charge in [0, 0.05) is 35.9 Å². The third-order valence-electron chi connectivity index (χ3n) is 3.47. The van der Waals surface area contributed by atoms with E-state index < -0.39 is 5.54 Å². The van der Waals surface area contributed by atoms with Gasteiger partial charge in [0.25, 0.3) is 0 Å². The van der Waals surface area contributed by atoms with E-state index in [1.165, 1.54) is 7.11 Å². The number of azide groups is 1. The van der Waals surface area contributed by atoms with Crippen LogP contribution in [0, 0.1) is 0 Å². The smallest absolute Gasteiger partial charge is 0.326 e. The summed E-state index contributed by atoms with van der Waals surface area (Å²) in [5.74, 6) is -0.314. The Morgan fingerprint density at radius 3 is 3.00 bits per heavy atom. The Balaban J connectivity index is 2.19. The number of benzene rings is 1. The molecule has 0 saturated carbocycles. The van der Waals surface area contributed by atoms with E-state index in [1.807, 2.05) is 18.2 Å². The number of rotatable bonds is 5. The zero-order chi connectivity index (χ0) is 14.6. The fourth-order valence-electron chi connectivity index (χ4n) is 2.57. The van der Waals surface area contributed by atoms with Gasteiger partial charge in [-0.15, -0.1) is 0 Å². The SMILES string of the molecule is COC(=O)C1(NCCN=[N+]=[N-])Cc2ccc(Cl)cc2C1. The number of esters is 1. The summed E-state index contributed by atoms with van der Waals surface area (Å²) in [4.78, 5) is 14.8. The largest absolute Gasteiger partial charge is 0.468 e. The average Bonchev–Trinajstić information content (AvgIpc) is 2.81. The second-order valence-electron chi connectivity index (χ2n) is 4.72. The maximum absolute atomic E-state index is 12.1. The molecule has 0 aliphatic heterocycles. The van der Waals surface area contributed by atoms with Gasteiger partial charge in [-0.05, 0) is 28.8 Å². The number of fused-ring (bicyclic) bond motifs is 1. The number of ether oxygens (including phenoxy) is 1. The first-order valence-corrected chi connectivity index (χ1v) is 6.61. The summed E-state index contributed by atoms with van der Waals surface area (Å²) in [6.07, 6.45) is 1.06. The van der Waals surface area contributed by atoms with Crippen molar-refractivity contribution in [2.75, 3.05) is 20.2 Å². The minimum Gasteiger partial charge on any atom is -0.468 e. The molecule has 0 saturated heterocycles. The van der Waals surface area contributed by atoms with E-state index in [0.29, 0.717) is 24.4 Å². The molecule has 0 radical (unpaired) electrons. The lowest BCUT2D eigenvalue weighted by molar-refractivity contribution is -0.148. The Labute approximate surface area is 121 Å². The third-order valence-corrected chi connectivity index (χ3v) is 3.70. The van der Waals surface area contributed by atoms with Gasteiger partial charge in [0.2, 0.25) is 0 Å². The van der Waals surface area contributed by atoms with Crippen molar-refractivity contribution in [2.45, 2.75) is 18.4 Å². The van der Waals surface area contributed by atoms with Crippen molar-refractivity contribution in [3.05, 3.63) is 44.8 Å². The Morgan fingerprint density at radius 2 is 2.30 bits per heavy atom. The molecule has 0 amide bonds. The van der Waals surface area contributed by atoms with Crippen LogP contribution in [-0.4, -0.2) is 31.7 Å². The van der Waals surface area contributed by atoms with Gasteiger partial charge in [0.05, 0.1) is 7.11 Å². The molecule has 106 valence electrons. The summed E-state index contributed by atoms with van der Waals surface area (Å²) in [6, 6.07) is 5.61. The number of carbonyl (C=O) groups is 1. The van der Waals surface area contributed by atoms with Crippen LogP contribution in [0.3, 0.4) is 0 Å². The average molecular weight is 295 g/mol. The molecular weight excluding hydrogens is 280 g/mol. The number of hydrogen-bond donors (Lipinski definition) is 1. The fraction of sp³-hybridized carbons (Fsp3) is 0.462. The van der Waals surface area contributed by atoms with Gasteiger partial charge in [0.1, 0.15) is 5.54 Å². The molecule has 0 fully saturated rings. The van der Waals surface area contributed by atoms with Crippen LogP contribution in [0.5, 0.6) is 0 Å². The van der Waals surface area contributed by atoms with Crippen LogP contribution in [0.4, 0.5) is 0 Å². The molecule has 20 heavy (non-hydrogen) atoms. The molecule has 7 heteroatoms. The lowest BCUT2D eigenvalue weighted by atomic mass is 9.95. The zero-order valence-corrected chi connectivity index (χ0v) is 11.9. The molecule has 1 aliphatic carbocycles. The fourth-order valence-corrected chi connectivity index (χ4v) is 2.77. The molecule has 1 aliphatic rings. The van der Waals surface area contributed by atoms with Gasteiger partial charge in [-0.1, -0.05) is 22.8 Å². The Morgan fingerprint density at radius 1 is 1.55 bits per heavy atom. The van der Waals surface area contributed by atoms with Crippen molar-refractivity contribution < 1.29 is 9.53 Å². The third kappa shape index (κ3) is 2.88. The van der Waals surface area contributed by atoms with Gasteiger partial charge >= 0.3 is 5.97 Å². The van der Waals surface area contributed by atoms with E-state index >= 15 is 0 Å². The van der Waals surface area contributed by atoms with Gasteiger partial charge in [-0.2, -0.15) is 0 Å². The van der Waals surface area contributed by atoms with E-state index in [4.69, 9.17) is 21.9 Å². The first kappa shape index (κ1) is 14.7. The number of nitrogens with zero attached hydrogens (tertiary/aromatic N) is 3. The highest BCUT2D eigenvalue weighted by Gasteiger charge is 2.44. The summed E-state index contributed by atoms with van der Waals surface area (Å²) in [5.41, 5.74) is 9.60. The number of halogens is 1. The monoisotopic (exact) mass is 294 g/mol. The van der Waals surface area contributed by atoms with E-state index in [1.54, 1.807) is 0 Å². The molecule has 1 atom stereocenters. The summed E-state index contributed by atoms with van der Waals surface area (Å²) in [5, 5.41) is 7.27. The molecule has 1 aromatic carbocycles. The Bertz CT molecular complexity index is 571. The van der Waals surface area contributed by atoms with Crippen LogP contribution in [-0.2, 0) is 22.4 Å². The maximum atomic E-state index is 12.1. The van der Waals surface area contributed by atoms with E-state index in [-0.39, 0.29) is 12.5 Å². The molecular formula is C13H15ClN4O2. The molecule has 2 rings (SSSR count). The van der Waals surface area contributed by atoms with Crippen molar-refractivity contribution >= 4 is 17.6 Å². The normalized spacial score (nSPS) is 20.1. The molecule has 1 aromatic rings. The lowest BCUT2D eigenvalue weighted by Crippen LogP contribution is -2.54. The molecule has 0 heterocycles. The highest BCUT2D eigenvalue weighted by molar-refractivity contribution is 6.30. The number of hydrogen-bond acceptors (Lipinski definition) is 4. The Kier molecular flexibility index (Phi) is 4.49. The second kappa shape index (κ2) is 6.13. The topological polar surface area (TPSA) is 87.1 Å². The summed E-state index contributed by atoms with van der Waals surface area (Å²) >= 11 is 5.98. The Hall–Kier alpha value is -1.75. The predicted octanol–water partition coefficient (Wildman–Crippen LogP) is 2.25. The standard InChI is InChI=1S/C13H15ClN4O2/c1-20-12(19)13(16-4-5-17-18-15)7-9-2-3-11(14)6-10(9)8-13/h2-3,6,16H,4-5,7-8H2,1H3. The van der Waals surface area contributed by atoms with E-state index in [2.05, 4.69) is 15.3 Å². The van der Waals surface area contributed by atoms with Crippen molar-refractivity contribution in [3.8, 4) is 0 Å². The first-order valence-electron chi connectivity index (χ1n) is 6.23. The summed E-state index contributed by atoms with van der Waals surface area (Å²) in [7, 11) is 1.37. The first-order chi connectivity index (χ1) is 9.61. The highest BCUT2D eigenvalue weighted by atomic mass is 35.5. The number of methoxy groups -OCH3 is 1. The number of nitrogens with one attached hydrogen (secondary N) is 1. The predicted molar refractivity (Wildman–Crippen MR) is 75.6 cm³/mol. The molecule has 1 unspecified atom stereocenters. The van der Waals surface area contributed by atoms with Gasteiger partial charge < -0.3 is 10.1 Å². The highest BCUT2D eigenvalue weighted by Crippen LogP contribution is 2.32. The van der Waals surface area contributed by atoms with Gasteiger partial charge in [0.15, 0.2) is 0 Å². The van der Waals surface area contributed by atoms with Crippen molar-refractivity contribution in [1.29, 1.82) is 0 Å². The minimum atomic E-state index is -0.799. The van der Waals surface area contributed by atoms with Gasteiger partial charge in [-0.25, -0.2) is 0 Å². The minimum absolute atomic E-state index is 0.284. The van der Waals surface area contributed by atoms with Crippen molar-refractivity contribution in [3.63, 3.8) is 0 Å². The number of carbonyl (C=O) groups excluding carboxylic acids is 1. The van der Waals surface area contributed by atoms with Crippen LogP contribution in [0.2, 0.25) is 5.02 Å². The zero-order valence-electron chi connectivity index (χ0n) is 11.1. The summed E-state index contributed by atoms with van der Waals surface area (Å²) < 4.78 is 4.92. The van der Waals surface area contributed by atoms with Crippen LogP contribution < -0.4 is 5.32 Å². The summed E-state index contributed by atoms with van der Waals surface area (Å²) in [6.45, 7) is 0.702. The van der Waals surface area contributed by atoms with Gasteiger partial charge in [-0.3, -0.25) is 4.79 Å². The molecule has 0 bridgehead atoms. The lowest BCUT2D eigenvalue weighted by Gasteiger charge is -2.27. The van der Waals surface area contributed by atoms with E-state index in [9.17, 15) is 4.79 Å².